The molecule has 126 valence electrons. The second kappa shape index (κ2) is 6.55. The summed E-state index contributed by atoms with van der Waals surface area (Å²) in [6, 6.07) is 13.1. The molecule has 7 heteroatoms. The predicted octanol–water partition coefficient (Wildman–Crippen LogP) is 3.15. The van der Waals surface area contributed by atoms with Gasteiger partial charge in [0.2, 0.25) is 10.0 Å². The van der Waals surface area contributed by atoms with Crippen LogP contribution in [-0.2, 0) is 26.1 Å². The third-order valence-electron chi connectivity index (χ3n) is 4.05. The van der Waals surface area contributed by atoms with Crippen molar-refractivity contribution in [3.8, 4) is 0 Å². The van der Waals surface area contributed by atoms with Crippen LogP contribution in [0.15, 0.2) is 53.4 Å². The maximum Gasteiger partial charge on any atom is 0.307 e. The average molecular weight is 366 g/mol. The third kappa shape index (κ3) is 3.05. The first-order valence-corrected chi connectivity index (χ1v) is 9.17. The Morgan fingerprint density at radius 2 is 1.83 bits per heavy atom. The highest BCUT2D eigenvalue weighted by atomic mass is 35.5. The fourth-order valence-electron chi connectivity index (χ4n) is 2.86. The molecule has 1 aliphatic heterocycles. The Bertz CT molecular complexity index is 864. The van der Waals surface area contributed by atoms with Crippen molar-refractivity contribution in [1.82, 2.24) is 4.31 Å². The number of esters is 1. The number of halogens is 1. The van der Waals surface area contributed by atoms with Crippen LogP contribution in [-0.4, -0.2) is 25.8 Å². The third-order valence-corrected chi connectivity index (χ3v) is 6.23. The van der Waals surface area contributed by atoms with Gasteiger partial charge in [-0.05, 0) is 29.3 Å². The number of fused-ring (bicyclic) bond motifs is 1. The molecule has 1 atom stereocenters. The molecule has 1 heterocycles. The second-order valence-electron chi connectivity index (χ2n) is 5.51. The number of carbonyl (C=O) groups is 1. The summed E-state index contributed by atoms with van der Waals surface area (Å²) in [6.45, 7) is 0.163. The Morgan fingerprint density at radius 1 is 1.17 bits per heavy atom. The lowest BCUT2D eigenvalue weighted by Gasteiger charge is -2.22. The molecule has 2 aromatic carbocycles. The first-order valence-electron chi connectivity index (χ1n) is 7.35. The molecule has 0 unspecified atom stereocenters. The van der Waals surface area contributed by atoms with E-state index in [4.69, 9.17) is 16.3 Å². The molecule has 0 aliphatic carbocycles. The van der Waals surface area contributed by atoms with Gasteiger partial charge in [-0.1, -0.05) is 41.9 Å². The Morgan fingerprint density at radius 3 is 2.50 bits per heavy atom. The van der Waals surface area contributed by atoms with Crippen molar-refractivity contribution >= 4 is 27.6 Å². The van der Waals surface area contributed by atoms with Gasteiger partial charge in [-0.2, -0.15) is 4.31 Å². The first kappa shape index (κ1) is 17.0. The van der Waals surface area contributed by atoms with E-state index in [0.717, 1.165) is 5.56 Å². The molecule has 3 rings (SSSR count). The number of carbonyl (C=O) groups excluding carboxylic acids is 1. The number of hydrogen-bond donors (Lipinski definition) is 0. The predicted molar refractivity (Wildman–Crippen MR) is 90.0 cm³/mol. The van der Waals surface area contributed by atoms with Crippen LogP contribution in [0.25, 0.3) is 0 Å². The van der Waals surface area contributed by atoms with E-state index >= 15 is 0 Å². The van der Waals surface area contributed by atoms with Crippen molar-refractivity contribution in [3.63, 3.8) is 0 Å². The molecule has 0 amide bonds. The fraction of sp³-hybridized carbons (Fsp3) is 0.235. The standard InChI is InChI=1S/C17H16ClNO4S/c1-23-17(20)10-15-14-4-2-3-5-16(14)24(21,22)19(15)11-12-6-8-13(18)9-7-12/h2-9,15H,10-11H2,1H3/t15-/m0/s1. The Kier molecular flexibility index (Phi) is 4.62. The molecule has 0 bridgehead atoms. The molecular weight excluding hydrogens is 350 g/mol. The van der Waals surface area contributed by atoms with E-state index in [0.29, 0.717) is 10.6 Å². The number of rotatable bonds is 4. The summed E-state index contributed by atoms with van der Waals surface area (Å²) in [4.78, 5) is 12.0. The van der Waals surface area contributed by atoms with Gasteiger partial charge in [0.15, 0.2) is 0 Å². The van der Waals surface area contributed by atoms with E-state index < -0.39 is 22.0 Å². The SMILES string of the molecule is COC(=O)C[C@H]1c2ccccc2S(=O)(=O)N1Cc1ccc(Cl)cc1. The van der Waals surface area contributed by atoms with Crippen LogP contribution in [0.5, 0.6) is 0 Å². The van der Waals surface area contributed by atoms with Gasteiger partial charge in [-0.3, -0.25) is 4.79 Å². The smallest absolute Gasteiger partial charge is 0.307 e. The molecule has 0 saturated carbocycles. The van der Waals surface area contributed by atoms with E-state index in [2.05, 4.69) is 0 Å². The van der Waals surface area contributed by atoms with Gasteiger partial charge < -0.3 is 4.74 Å². The van der Waals surface area contributed by atoms with Crippen LogP contribution >= 0.6 is 11.6 Å². The molecule has 0 N–H and O–H groups in total. The molecular formula is C17H16ClNO4S. The molecule has 0 aromatic heterocycles. The van der Waals surface area contributed by atoms with Crippen LogP contribution in [0.2, 0.25) is 5.02 Å². The summed E-state index contributed by atoms with van der Waals surface area (Å²) in [5.74, 6) is -0.451. The highest BCUT2D eigenvalue weighted by molar-refractivity contribution is 7.89. The van der Waals surface area contributed by atoms with E-state index in [-0.39, 0.29) is 17.9 Å². The van der Waals surface area contributed by atoms with Gasteiger partial charge in [-0.25, -0.2) is 8.42 Å². The largest absolute Gasteiger partial charge is 0.469 e. The van der Waals surface area contributed by atoms with Gasteiger partial charge in [0.05, 0.1) is 24.5 Å². The van der Waals surface area contributed by atoms with Crippen molar-refractivity contribution in [2.24, 2.45) is 0 Å². The van der Waals surface area contributed by atoms with Gasteiger partial charge in [0.1, 0.15) is 0 Å². The number of ether oxygens (including phenoxy) is 1. The lowest BCUT2D eigenvalue weighted by atomic mass is 10.0. The number of benzene rings is 2. The highest BCUT2D eigenvalue weighted by Gasteiger charge is 2.43. The number of nitrogens with zero attached hydrogens (tertiary/aromatic N) is 1. The maximum atomic E-state index is 12.9. The van der Waals surface area contributed by atoms with E-state index in [9.17, 15) is 13.2 Å². The second-order valence-corrected chi connectivity index (χ2v) is 7.81. The van der Waals surface area contributed by atoms with Crippen LogP contribution in [0.4, 0.5) is 0 Å². The Balaban J connectivity index is 2.01. The average Bonchev–Trinajstić information content (AvgIpc) is 2.78. The zero-order valence-electron chi connectivity index (χ0n) is 13.0. The zero-order chi connectivity index (χ0) is 17.3. The molecule has 2 aromatic rings. The minimum Gasteiger partial charge on any atom is -0.469 e. The molecule has 0 saturated heterocycles. The monoisotopic (exact) mass is 365 g/mol. The first-order chi connectivity index (χ1) is 11.4. The van der Waals surface area contributed by atoms with Crippen molar-refractivity contribution < 1.29 is 17.9 Å². The van der Waals surface area contributed by atoms with E-state index in [1.807, 2.05) is 0 Å². The van der Waals surface area contributed by atoms with Gasteiger partial charge in [0.25, 0.3) is 0 Å². The summed E-state index contributed by atoms with van der Waals surface area (Å²) < 4.78 is 31.8. The normalized spacial score (nSPS) is 19.0. The number of hydrogen-bond acceptors (Lipinski definition) is 4. The molecule has 1 aliphatic rings. The van der Waals surface area contributed by atoms with Crippen LogP contribution in [0.1, 0.15) is 23.6 Å². The summed E-state index contributed by atoms with van der Waals surface area (Å²) in [5.41, 5.74) is 1.42. The zero-order valence-corrected chi connectivity index (χ0v) is 14.5. The van der Waals surface area contributed by atoms with E-state index in [1.165, 1.54) is 11.4 Å². The lowest BCUT2D eigenvalue weighted by molar-refractivity contribution is -0.141. The minimum absolute atomic E-state index is 0.0274. The maximum absolute atomic E-state index is 12.9. The summed E-state index contributed by atoms with van der Waals surface area (Å²) in [7, 11) is -2.37. The Labute approximate surface area is 145 Å². The van der Waals surface area contributed by atoms with Gasteiger partial charge >= 0.3 is 5.97 Å². The van der Waals surface area contributed by atoms with Gasteiger partial charge in [0, 0.05) is 11.6 Å². The van der Waals surface area contributed by atoms with Crippen LogP contribution in [0.3, 0.4) is 0 Å². The summed E-state index contributed by atoms with van der Waals surface area (Å²) in [6.07, 6.45) is -0.0274. The number of methoxy groups -OCH3 is 1. The van der Waals surface area contributed by atoms with Crippen LogP contribution < -0.4 is 0 Å². The van der Waals surface area contributed by atoms with Crippen molar-refractivity contribution in [1.29, 1.82) is 0 Å². The van der Waals surface area contributed by atoms with Crippen molar-refractivity contribution in [3.05, 3.63) is 64.7 Å². The molecule has 24 heavy (non-hydrogen) atoms. The highest BCUT2D eigenvalue weighted by Crippen LogP contribution is 2.42. The van der Waals surface area contributed by atoms with Crippen molar-refractivity contribution in [2.45, 2.75) is 23.9 Å². The van der Waals surface area contributed by atoms with Crippen molar-refractivity contribution in [2.75, 3.05) is 7.11 Å². The fourth-order valence-corrected chi connectivity index (χ4v) is 4.83. The summed E-state index contributed by atoms with van der Waals surface area (Å²) >= 11 is 5.88. The van der Waals surface area contributed by atoms with Gasteiger partial charge in [-0.15, -0.1) is 0 Å². The van der Waals surface area contributed by atoms with Crippen LogP contribution in [0, 0.1) is 0 Å². The number of sulfonamides is 1. The topological polar surface area (TPSA) is 63.7 Å². The molecule has 0 radical (unpaired) electrons. The quantitative estimate of drug-likeness (QED) is 0.781. The Hall–Kier alpha value is -1.89. The molecule has 0 spiro atoms. The molecule has 0 fully saturated rings. The summed E-state index contributed by atoms with van der Waals surface area (Å²) in [5, 5.41) is 0.581. The minimum atomic E-state index is -3.67. The van der Waals surface area contributed by atoms with E-state index in [1.54, 1.807) is 48.5 Å². The molecule has 5 nitrogen and oxygen atoms in total. The lowest BCUT2D eigenvalue weighted by Crippen LogP contribution is -2.29.